The highest BCUT2D eigenvalue weighted by atomic mass is 35.5. The van der Waals surface area contributed by atoms with Crippen LogP contribution in [0.4, 0.5) is 0 Å². The summed E-state index contributed by atoms with van der Waals surface area (Å²) < 4.78 is 29.8. The summed E-state index contributed by atoms with van der Waals surface area (Å²) in [5, 5.41) is 4.64. The van der Waals surface area contributed by atoms with Gasteiger partial charge >= 0.3 is 0 Å². The van der Waals surface area contributed by atoms with E-state index in [1.165, 1.54) is 6.07 Å². The van der Waals surface area contributed by atoms with Crippen molar-refractivity contribution in [1.82, 2.24) is 19.5 Å². The Morgan fingerprint density at radius 2 is 2.08 bits per heavy atom. The molecule has 6 nitrogen and oxygen atoms in total. The lowest BCUT2D eigenvalue weighted by molar-refractivity contribution is 0.553. The zero-order chi connectivity index (χ0) is 18.1. The molecule has 0 bridgehead atoms. The van der Waals surface area contributed by atoms with E-state index in [0.29, 0.717) is 16.8 Å². The SMILES string of the molecule is O=S(=O)(NCCn1nc(-c2ccccn2)cc1C1CC1)c1ccc(Cl)s1. The van der Waals surface area contributed by atoms with E-state index in [-0.39, 0.29) is 10.8 Å². The fourth-order valence-corrected chi connectivity index (χ4v) is 5.31. The third-order valence-electron chi connectivity index (χ3n) is 4.16. The molecular weight excluding hydrogens is 392 g/mol. The summed E-state index contributed by atoms with van der Waals surface area (Å²) >= 11 is 6.87. The van der Waals surface area contributed by atoms with Crippen LogP contribution in [0.2, 0.25) is 4.34 Å². The molecule has 3 aromatic heterocycles. The van der Waals surface area contributed by atoms with Crippen molar-refractivity contribution >= 4 is 33.0 Å². The molecule has 0 aliphatic heterocycles. The minimum absolute atomic E-state index is 0.222. The largest absolute Gasteiger partial charge is 0.267 e. The highest BCUT2D eigenvalue weighted by Crippen LogP contribution is 2.41. The molecule has 1 aliphatic carbocycles. The number of halogens is 1. The van der Waals surface area contributed by atoms with E-state index in [2.05, 4.69) is 20.9 Å². The Labute approximate surface area is 160 Å². The third-order valence-corrected chi connectivity index (χ3v) is 7.35. The molecule has 0 saturated heterocycles. The molecule has 0 amide bonds. The van der Waals surface area contributed by atoms with E-state index in [4.69, 9.17) is 11.6 Å². The van der Waals surface area contributed by atoms with Crippen LogP contribution in [0.5, 0.6) is 0 Å². The zero-order valence-electron chi connectivity index (χ0n) is 13.8. The zero-order valence-corrected chi connectivity index (χ0v) is 16.2. The Bertz CT molecular complexity index is 1010. The maximum Gasteiger partial charge on any atom is 0.250 e. The molecule has 3 aromatic rings. The Hall–Kier alpha value is -1.74. The average molecular weight is 409 g/mol. The lowest BCUT2D eigenvalue weighted by Crippen LogP contribution is -2.27. The number of hydrogen-bond acceptors (Lipinski definition) is 5. The van der Waals surface area contributed by atoms with Gasteiger partial charge in [0.1, 0.15) is 9.90 Å². The number of rotatable bonds is 7. The van der Waals surface area contributed by atoms with Crippen LogP contribution in [-0.4, -0.2) is 29.7 Å². The van der Waals surface area contributed by atoms with E-state index < -0.39 is 10.0 Å². The van der Waals surface area contributed by atoms with Crippen LogP contribution in [-0.2, 0) is 16.6 Å². The number of nitrogens with zero attached hydrogens (tertiary/aromatic N) is 3. The fraction of sp³-hybridized carbons (Fsp3) is 0.294. The monoisotopic (exact) mass is 408 g/mol. The molecule has 26 heavy (non-hydrogen) atoms. The molecule has 0 radical (unpaired) electrons. The minimum Gasteiger partial charge on any atom is -0.267 e. The van der Waals surface area contributed by atoms with Gasteiger partial charge in [-0.1, -0.05) is 17.7 Å². The number of aromatic nitrogens is 3. The van der Waals surface area contributed by atoms with Crippen molar-refractivity contribution in [2.24, 2.45) is 0 Å². The highest BCUT2D eigenvalue weighted by molar-refractivity contribution is 7.91. The van der Waals surface area contributed by atoms with Crippen molar-refractivity contribution in [2.75, 3.05) is 6.54 Å². The molecule has 1 saturated carbocycles. The van der Waals surface area contributed by atoms with Gasteiger partial charge in [-0.05, 0) is 43.2 Å². The highest BCUT2D eigenvalue weighted by Gasteiger charge is 2.28. The summed E-state index contributed by atoms with van der Waals surface area (Å²) in [5.41, 5.74) is 2.78. The molecule has 0 atom stereocenters. The standard InChI is InChI=1S/C17H17ClN4O2S2/c18-16-6-7-17(25-16)26(23,24)20-9-10-22-15(12-4-5-12)11-14(21-22)13-3-1-2-8-19-13/h1-3,6-8,11-12,20H,4-5,9-10H2. The summed E-state index contributed by atoms with van der Waals surface area (Å²) in [6, 6.07) is 10.9. The first-order valence-electron chi connectivity index (χ1n) is 8.27. The van der Waals surface area contributed by atoms with Crippen molar-refractivity contribution in [3.63, 3.8) is 0 Å². The third kappa shape index (κ3) is 3.83. The number of pyridine rings is 1. The van der Waals surface area contributed by atoms with E-state index in [0.717, 1.165) is 41.3 Å². The summed E-state index contributed by atoms with van der Waals surface area (Å²) in [6.45, 7) is 0.734. The second-order valence-electron chi connectivity index (χ2n) is 6.12. The van der Waals surface area contributed by atoms with Crippen LogP contribution in [0, 0.1) is 0 Å². The van der Waals surface area contributed by atoms with Gasteiger partial charge in [0.25, 0.3) is 0 Å². The first-order chi connectivity index (χ1) is 12.5. The molecule has 1 fully saturated rings. The number of sulfonamides is 1. The Morgan fingerprint density at radius 3 is 2.73 bits per heavy atom. The number of hydrogen-bond donors (Lipinski definition) is 1. The molecule has 4 rings (SSSR count). The molecule has 0 spiro atoms. The van der Waals surface area contributed by atoms with Crippen molar-refractivity contribution in [1.29, 1.82) is 0 Å². The second kappa shape index (κ2) is 7.11. The van der Waals surface area contributed by atoms with Gasteiger partial charge in [0.2, 0.25) is 10.0 Å². The van der Waals surface area contributed by atoms with Crippen molar-refractivity contribution in [2.45, 2.75) is 29.5 Å². The maximum absolute atomic E-state index is 12.3. The minimum atomic E-state index is -3.54. The Balaban J connectivity index is 1.49. The van der Waals surface area contributed by atoms with Crippen molar-refractivity contribution in [3.05, 3.63) is 52.6 Å². The van der Waals surface area contributed by atoms with Gasteiger partial charge in [0.05, 0.1) is 16.6 Å². The molecule has 136 valence electrons. The van der Waals surface area contributed by atoms with E-state index in [1.807, 2.05) is 22.9 Å². The van der Waals surface area contributed by atoms with Gasteiger partial charge in [0.15, 0.2) is 0 Å². The predicted molar refractivity (Wildman–Crippen MR) is 102 cm³/mol. The fourth-order valence-electron chi connectivity index (χ4n) is 2.76. The molecule has 1 N–H and O–H groups in total. The molecule has 9 heteroatoms. The quantitative estimate of drug-likeness (QED) is 0.648. The van der Waals surface area contributed by atoms with Gasteiger partial charge in [0, 0.05) is 24.4 Å². The second-order valence-corrected chi connectivity index (χ2v) is 9.83. The van der Waals surface area contributed by atoms with Crippen LogP contribution in [0.1, 0.15) is 24.5 Å². The maximum atomic E-state index is 12.3. The first-order valence-corrected chi connectivity index (χ1v) is 10.9. The van der Waals surface area contributed by atoms with Crippen molar-refractivity contribution < 1.29 is 8.42 Å². The summed E-state index contributed by atoms with van der Waals surface area (Å²) in [5.74, 6) is 0.507. The Kier molecular flexibility index (Phi) is 4.83. The van der Waals surface area contributed by atoms with Crippen LogP contribution >= 0.6 is 22.9 Å². The lowest BCUT2D eigenvalue weighted by Gasteiger charge is -2.08. The van der Waals surface area contributed by atoms with E-state index in [9.17, 15) is 8.42 Å². The lowest BCUT2D eigenvalue weighted by atomic mass is 10.2. The van der Waals surface area contributed by atoms with Gasteiger partial charge in [-0.3, -0.25) is 9.67 Å². The smallest absolute Gasteiger partial charge is 0.250 e. The van der Waals surface area contributed by atoms with Gasteiger partial charge < -0.3 is 0 Å². The van der Waals surface area contributed by atoms with Crippen LogP contribution in [0.3, 0.4) is 0 Å². The topological polar surface area (TPSA) is 76.9 Å². The Morgan fingerprint density at radius 1 is 1.23 bits per heavy atom. The van der Waals surface area contributed by atoms with Crippen LogP contribution < -0.4 is 4.72 Å². The average Bonchev–Trinajstić information content (AvgIpc) is 3.23. The van der Waals surface area contributed by atoms with Gasteiger partial charge in [-0.2, -0.15) is 5.10 Å². The summed E-state index contributed by atoms with van der Waals surface area (Å²) in [4.78, 5) is 4.35. The van der Waals surface area contributed by atoms with Crippen LogP contribution in [0.25, 0.3) is 11.4 Å². The molecule has 0 unspecified atom stereocenters. The van der Waals surface area contributed by atoms with Crippen molar-refractivity contribution in [3.8, 4) is 11.4 Å². The summed E-state index contributed by atoms with van der Waals surface area (Å²) in [6.07, 6.45) is 4.03. The summed E-state index contributed by atoms with van der Waals surface area (Å²) in [7, 11) is -3.54. The molecular formula is C17H17ClN4O2S2. The first kappa shape index (κ1) is 17.7. The van der Waals surface area contributed by atoms with Gasteiger partial charge in [-0.25, -0.2) is 13.1 Å². The van der Waals surface area contributed by atoms with E-state index >= 15 is 0 Å². The van der Waals surface area contributed by atoms with E-state index in [1.54, 1.807) is 12.3 Å². The number of nitrogens with one attached hydrogen (secondary N) is 1. The van der Waals surface area contributed by atoms with Gasteiger partial charge in [-0.15, -0.1) is 11.3 Å². The molecule has 0 aromatic carbocycles. The molecule has 3 heterocycles. The number of thiophene rings is 1. The molecule has 1 aliphatic rings. The normalized spacial score (nSPS) is 14.7. The van der Waals surface area contributed by atoms with Crippen LogP contribution in [0.15, 0.2) is 46.8 Å². The predicted octanol–water partition coefficient (Wildman–Crippen LogP) is 3.52.